The molecule has 0 aromatic rings. The minimum atomic E-state index is -0.861. The summed E-state index contributed by atoms with van der Waals surface area (Å²) in [5.74, 6) is 0. The molecule has 1 amide bonds. The highest BCUT2D eigenvalue weighted by Gasteiger charge is 2.45. The molecule has 20 heavy (non-hydrogen) atoms. The lowest BCUT2D eigenvalue weighted by molar-refractivity contribution is -0.424. The van der Waals surface area contributed by atoms with Crippen LogP contribution in [-0.2, 0) is 9.47 Å². The lowest BCUT2D eigenvalue weighted by atomic mass is 10.2. The highest BCUT2D eigenvalue weighted by molar-refractivity contribution is 5.70. The molecular weight excluding hydrogens is 264 g/mol. The van der Waals surface area contributed by atoms with Crippen LogP contribution in [0.15, 0.2) is 11.8 Å². The summed E-state index contributed by atoms with van der Waals surface area (Å²) in [6.45, 7) is 10.3. The summed E-state index contributed by atoms with van der Waals surface area (Å²) in [7, 11) is 0. The van der Waals surface area contributed by atoms with Crippen LogP contribution < -0.4 is 0 Å². The van der Waals surface area contributed by atoms with E-state index in [1.54, 1.807) is 34.6 Å². The largest absolute Gasteiger partial charge is 0.444 e. The predicted octanol–water partition coefficient (Wildman–Crippen LogP) is 2.54. The second-order valence-electron chi connectivity index (χ2n) is 6.24. The number of carbonyl (C=O) groups is 1. The maximum absolute atomic E-state index is 12.3. The molecule has 1 heterocycles. The molecule has 7 heteroatoms. The minimum absolute atomic E-state index is 0.0233. The lowest BCUT2D eigenvalue weighted by Crippen LogP contribution is -2.49. The number of hydrogen-bond acceptors (Lipinski definition) is 5. The zero-order valence-electron chi connectivity index (χ0n) is 12.8. The Kier molecular flexibility index (Phi) is 4.43. The fraction of sp³-hybridized carbons (Fsp3) is 0.769. The zero-order chi connectivity index (χ0) is 15.7. The van der Waals surface area contributed by atoms with Gasteiger partial charge in [-0.25, -0.2) is 4.79 Å². The van der Waals surface area contributed by atoms with Crippen LogP contribution in [0.3, 0.4) is 0 Å². The van der Waals surface area contributed by atoms with E-state index in [1.807, 2.05) is 0 Å². The van der Waals surface area contributed by atoms with Crippen LogP contribution >= 0.6 is 0 Å². The molecule has 0 spiro atoms. The highest BCUT2D eigenvalue weighted by atomic mass is 16.6. The van der Waals surface area contributed by atoms with Gasteiger partial charge in [0.15, 0.2) is 0 Å². The van der Waals surface area contributed by atoms with Crippen molar-refractivity contribution in [2.75, 3.05) is 6.61 Å². The van der Waals surface area contributed by atoms with E-state index < -0.39 is 28.4 Å². The van der Waals surface area contributed by atoms with Gasteiger partial charge in [-0.1, -0.05) is 0 Å². The van der Waals surface area contributed by atoms with Crippen LogP contribution in [0.2, 0.25) is 0 Å². The van der Waals surface area contributed by atoms with Crippen LogP contribution in [0.1, 0.15) is 41.5 Å². The summed E-state index contributed by atoms with van der Waals surface area (Å²) in [5, 5.41) is 10.7. The van der Waals surface area contributed by atoms with Gasteiger partial charge >= 0.3 is 6.09 Å². The van der Waals surface area contributed by atoms with Crippen molar-refractivity contribution in [3.8, 4) is 0 Å². The Bertz CT molecular complexity index is 437. The van der Waals surface area contributed by atoms with Crippen molar-refractivity contribution in [3.63, 3.8) is 0 Å². The summed E-state index contributed by atoms with van der Waals surface area (Å²) >= 11 is 0. The maximum atomic E-state index is 12.3. The number of rotatable bonds is 2. The van der Waals surface area contributed by atoms with Crippen LogP contribution in [-0.4, -0.2) is 39.9 Å². The third-order valence-electron chi connectivity index (χ3n) is 2.83. The van der Waals surface area contributed by atoms with E-state index >= 15 is 0 Å². The molecule has 7 nitrogen and oxygen atoms in total. The van der Waals surface area contributed by atoms with Crippen molar-refractivity contribution in [2.24, 2.45) is 0 Å². The van der Waals surface area contributed by atoms with Crippen LogP contribution in [0.4, 0.5) is 4.79 Å². The molecule has 1 saturated heterocycles. The molecule has 0 aromatic heterocycles. The first-order chi connectivity index (χ1) is 8.94. The summed E-state index contributed by atoms with van der Waals surface area (Å²) in [4.78, 5) is 23.9. The average molecular weight is 286 g/mol. The Hall–Kier alpha value is -1.63. The average Bonchev–Trinajstić information content (AvgIpc) is 2.51. The zero-order valence-corrected chi connectivity index (χ0v) is 12.8. The third-order valence-corrected chi connectivity index (χ3v) is 2.83. The minimum Gasteiger partial charge on any atom is -0.444 e. The Morgan fingerprint density at radius 2 is 2.05 bits per heavy atom. The fourth-order valence-electron chi connectivity index (χ4n) is 1.96. The number of nitro groups is 1. The van der Waals surface area contributed by atoms with Crippen LogP contribution in [0.5, 0.6) is 0 Å². The Labute approximate surface area is 118 Å². The molecule has 0 saturated carbocycles. The number of ether oxygens (including phenoxy) is 2. The van der Waals surface area contributed by atoms with E-state index in [-0.39, 0.29) is 12.3 Å². The van der Waals surface area contributed by atoms with E-state index in [0.717, 1.165) is 0 Å². The number of allylic oxidation sites excluding steroid dienone is 1. The van der Waals surface area contributed by atoms with Crippen molar-refractivity contribution in [2.45, 2.75) is 58.9 Å². The smallest absolute Gasteiger partial charge is 0.413 e. The summed E-state index contributed by atoms with van der Waals surface area (Å²) in [6, 6.07) is -0.509. The standard InChI is InChI=1S/C13H22N2O5/c1-9(15(17)18)7-10-8-19-13(5,6)14(10)11(16)20-12(2,3)4/h7,10H,8H2,1-6H3/b9-7+/t10-/m0/s1. The first-order valence-corrected chi connectivity index (χ1v) is 6.43. The van der Waals surface area contributed by atoms with Crippen molar-refractivity contribution in [1.29, 1.82) is 0 Å². The Morgan fingerprint density at radius 3 is 2.50 bits per heavy atom. The molecule has 1 aliphatic rings. The van der Waals surface area contributed by atoms with E-state index in [1.165, 1.54) is 17.9 Å². The lowest BCUT2D eigenvalue weighted by Gasteiger charge is -2.34. The van der Waals surface area contributed by atoms with Gasteiger partial charge in [0.05, 0.1) is 17.6 Å². The van der Waals surface area contributed by atoms with Gasteiger partial charge < -0.3 is 9.47 Å². The number of nitrogens with zero attached hydrogens (tertiary/aromatic N) is 2. The maximum Gasteiger partial charge on any atom is 0.413 e. The van der Waals surface area contributed by atoms with E-state index in [9.17, 15) is 14.9 Å². The molecular formula is C13H22N2O5. The molecule has 114 valence electrons. The van der Waals surface area contributed by atoms with E-state index in [2.05, 4.69) is 0 Å². The summed E-state index contributed by atoms with van der Waals surface area (Å²) < 4.78 is 10.9. The van der Waals surface area contributed by atoms with Crippen molar-refractivity contribution in [1.82, 2.24) is 4.90 Å². The summed E-state index contributed by atoms with van der Waals surface area (Å²) in [5.41, 5.74) is -1.52. The van der Waals surface area contributed by atoms with Gasteiger partial charge in [-0.05, 0) is 34.6 Å². The monoisotopic (exact) mass is 286 g/mol. The van der Waals surface area contributed by atoms with Gasteiger partial charge in [-0.3, -0.25) is 15.0 Å². The quantitative estimate of drug-likeness (QED) is 0.575. The van der Waals surface area contributed by atoms with Crippen LogP contribution in [0.25, 0.3) is 0 Å². The van der Waals surface area contributed by atoms with Gasteiger partial charge in [0, 0.05) is 13.0 Å². The van der Waals surface area contributed by atoms with Crippen molar-refractivity contribution < 1.29 is 19.2 Å². The van der Waals surface area contributed by atoms with E-state index in [4.69, 9.17) is 9.47 Å². The first-order valence-electron chi connectivity index (χ1n) is 6.43. The molecule has 0 unspecified atom stereocenters. The SMILES string of the molecule is C/C(=C\[C@H]1COC(C)(C)N1C(=O)OC(C)(C)C)[N+](=O)[O-]. The van der Waals surface area contributed by atoms with Gasteiger partial charge in [0.1, 0.15) is 11.3 Å². The molecule has 0 aliphatic carbocycles. The van der Waals surface area contributed by atoms with Gasteiger partial charge in [-0.15, -0.1) is 0 Å². The molecule has 1 aliphatic heterocycles. The third kappa shape index (κ3) is 3.93. The molecule has 0 radical (unpaired) electrons. The molecule has 1 atom stereocenters. The van der Waals surface area contributed by atoms with Crippen molar-refractivity contribution >= 4 is 6.09 Å². The Balaban J connectivity index is 3.00. The molecule has 0 N–H and O–H groups in total. The molecule has 0 bridgehead atoms. The summed E-state index contributed by atoms with van der Waals surface area (Å²) in [6.07, 6.45) is 0.871. The first kappa shape index (κ1) is 16.4. The Morgan fingerprint density at radius 1 is 1.50 bits per heavy atom. The van der Waals surface area contributed by atoms with Crippen LogP contribution in [0, 0.1) is 10.1 Å². The molecule has 1 rings (SSSR count). The normalized spacial score (nSPS) is 22.8. The highest BCUT2D eigenvalue weighted by Crippen LogP contribution is 2.30. The van der Waals surface area contributed by atoms with Gasteiger partial charge in [0.2, 0.25) is 5.70 Å². The van der Waals surface area contributed by atoms with Gasteiger partial charge in [0.25, 0.3) is 0 Å². The number of hydrogen-bond donors (Lipinski definition) is 0. The topological polar surface area (TPSA) is 81.9 Å². The predicted molar refractivity (Wildman–Crippen MR) is 72.6 cm³/mol. The molecule has 0 aromatic carbocycles. The number of carbonyl (C=O) groups excluding carboxylic acids is 1. The van der Waals surface area contributed by atoms with E-state index in [0.29, 0.717) is 0 Å². The second kappa shape index (κ2) is 5.40. The fourth-order valence-corrected chi connectivity index (χ4v) is 1.96. The molecule has 1 fully saturated rings. The number of amides is 1. The second-order valence-corrected chi connectivity index (χ2v) is 6.24. The van der Waals surface area contributed by atoms with Crippen molar-refractivity contribution in [3.05, 3.63) is 21.9 Å². The van der Waals surface area contributed by atoms with Gasteiger partial charge in [-0.2, -0.15) is 0 Å².